The van der Waals surface area contributed by atoms with Gasteiger partial charge in [-0.1, -0.05) is 45.4 Å². The van der Waals surface area contributed by atoms with Gasteiger partial charge in [-0.2, -0.15) is 0 Å². The van der Waals surface area contributed by atoms with Crippen LogP contribution in [0.25, 0.3) is 0 Å². The van der Waals surface area contributed by atoms with Crippen LogP contribution in [0.3, 0.4) is 0 Å². The minimum Gasteiger partial charge on any atom is -0.0620 e. The molecule has 1 spiro atoms. The Bertz CT molecular complexity index is 142. The molecule has 0 unspecified atom stereocenters. The molecule has 0 heterocycles. The summed E-state index contributed by atoms with van der Waals surface area (Å²) in [6.07, 6.45) is 13.7. The fraction of sp³-hybridized carbons (Fsp3) is 1.00. The molecule has 0 aromatic rings. The van der Waals surface area contributed by atoms with Crippen molar-refractivity contribution >= 4 is 0 Å². The highest BCUT2D eigenvalue weighted by Crippen LogP contribution is 2.51. The molecule has 0 aromatic carbocycles. The molecule has 1 atom stereocenters. The third-order valence-corrected chi connectivity index (χ3v) is 4.46. The summed E-state index contributed by atoms with van der Waals surface area (Å²) < 4.78 is 0. The molecule has 2 rings (SSSR count). The third-order valence-electron chi connectivity index (χ3n) is 4.46. The normalized spacial score (nSPS) is 35.2. The van der Waals surface area contributed by atoms with Gasteiger partial charge in [0.25, 0.3) is 0 Å². The van der Waals surface area contributed by atoms with Crippen LogP contribution in [-0.2, 0) is 0 Å². The molecule has 0 aliphatic heterocycles. The lowest BCUT2D eigenvalue weighted by Gasteiger charge is -2.34. The van der Waals surface area contributed by atoms with E-state index in [4.69, 9.17) is 0 Å². The second-order valence-electron chi connectivity index (χ2n) is 5.07. The Morgan fingerprint density at radius 3 is 2.08 bits per heavy atom. The van der Waals surface area contributed by atoms with Crippen molar-refractivity contribution in [3.8, 4) is 0 Å². The van der Waals surface area contributed by atoms with Gasteiger partial charge in [-0.25, -0.2) is 0 Å². The first kappa shape index (κ1) is 8.59. The molecule has 12 heavy (non-hydrogen) atoms. The predicted octanol–water partition coefficient (Wildman–Crippen LogP) is 4.15. The Kier molecular flexibility index (Phi) is 2.43. The summed E-state index contributed by atoms with van der Waals surface area (Å²) in [6.45, 7) is 2.51. The topological polar surface area (TPSA) is 0 Å². The average Bonchev–Trinajstić information content (AvgIpc) is 2.45. The molecule has 2 fully saturated rings. The summed E-state index contributed by atoms with van der Waals surface area (Å²) in [5.74, 6) is 1.03. The van der Waals surface area contributed by atoms with Crippen LogP contribution >= 0.6 is 0 Å². The first-order chi connectivity index (χ1) is 5.83. The van der Waals surface area contributed by atoms with Crippen molar-refractivity contribution in [3.63, 3.8) is 0 Å². The van der Waals surface area contributed by atoms with Crippen LogP contribution in [0.15, 0.2) is 0 Å². The molecule has 70 valence electrons. The Balaban J connectivity index is 2.08. The highest BCUT2D eigenvalue weighted by molar-refractivity contribution is 4.90. The van der Waals surface area contributed by atoms with E-state index in [0.29, 0.717) is 0 Å². The summed E-state index contributed by atoms with van der Waals surface area (Å²) in [7, 11) is 0. The summed E-state index contributed by atoms with van der Waals surface area (Å²) in [4.78, 5) is 0. The maximum atomic E-state index is 2.51. The summed E-state index contributed by atoms with van der Waals surface area (Å²) in [5.41, 5.74) is 0.816. The van der Waals surface area contributed by atoms with Crippen molar-refractivity contribution in [2.24, 2.45) is 11.3 Å². The van der Waals surface area contributed by atoms with E-state index < -0.39 is 0 Å². The maximum absolute atomic E-state index is 2.51. The molecule has 0 heteroatoms. The Morgan fingerprint density at radius 1 is 0.833 bits per heavy atom. The largest absolute Gasteiger partial charge is 0.0620 e. The van der Waals surface area contributed by atoms with E-state index in [9.17, 15) is 0 Å². The van der Waals surface area contributed by atoms with Crippen LogP contribution in [0.2, 0.25) is 0 Å². The fourth-order valence-corrected chi connectivity index (χ4v) is 3.48. The van der Waals surface area contributed by atoms with Gasteiger partial charge in [-0.05, 0) is 30.6 Å². The molecule has 2 aliphatic rings. The van der Waals surface area contributed by atoms with Crippen molar-refractivity contribution in [2.75, 3.05) is 0 Å². The molecule has 0 amide bonds. The average molecular weight is 166 g/mol. The van der Waals surface area contributed by atoms with Gasteiger partial charge in [0.1, 0.15) is 0 Å². The second-order valence-corrected chi connectivity index (χ2v) is 5.07. The molecule has 0 saturated heterocycles. The van der Waals surface area contributed by atoms with Crippen LogP contribution in [0.1, 0.15) is 64.7 Å². The molecule has 0 bridgehead atoms. The van der Waals surface area contributed by atoms with E-state index in [-0.39, 0.29) is 0 Å². The predicted molar refractivity (Wildman–Crippen MR) is 53.2 cm³/mol. The molecule has 2 aliphatic carbocycles. The zero-order chi connectivity index (χ0) is 8.44. The molecule has 2 saturated carbocycles. The van der Waals surface area contributed by atoms with Gasteiger partial charge in [-0.3, -0.25) is 0 Å². The third kappa shape index (κ3) is 1.41. The lowest BCUT2D eigenvalue weighted by Crippen LogP contribution is -2.24. The van der Waals surface area contributed by atoms with Crippen molar-refractivity contribution in [2.45, 2.75) is 64.7 Å². The molecule has 0 aromatic heterocycles. The highest BCUT2D eigenvalue weighted by Gasteiger charge is 2.38. The van der Waals surface area contributed by atoms with Gasteiger partial charge in [-0.15, -0.1) is 0 Å². The molecule has 0 nitrogen and oxygen atoms in total. The molecular weight excluding hydrogens is 144 g/mol. The zero-order valence-electron chi connectivity index (χ0n) is 8.44. The summed E-state index contributed by atoms with van der Waals surface area (Å²) in [5, 5.41) is 0. The van der Waals surface area contributed by atoms with Crippen LogP contribution in [0.4, 0.5) is 0 Å². The quantitative estimate of drug-likeness (QED) is 0.507. The molecule has 0 N–H and O–H groups in total. The zero-order valence-corrected chi connectivity index (χ0v) is 8.44. The Morgan fingerprint density at radius 2 is 1.42 bits per heavy atom. The van der Waals surface area contributed by atoms with Gasteiger partial charge in [0.15, 0.2) is 0 Å². The minimum atomic E-state index is 0.816. The van der Waals surface area contributed by atoms with Crippen LogP contribution in [0, 0.1) is 11.3 Å². The second kappa shape index (κ2) is 3.40. The van der Waals surface area contributed by atoms with Gasteiger partial charge in [0, 0.05) is 0 Å². The van der Waals surface area contributed by atoms with Gasteiger partial charge >= 0.3 is 0 Å². The monoisotopic (exact) mass is 166 g/mol. The standard InChI is InChI=1S/C12H22/c1-11-7-3-2-4-8-12(11)9-5-6-10-12/h11H,2-10H2,1H3/t11-/m0/s1. The van der Waals surface area contributed by atoms with Crippen molar-refractivity contribution in [1.29, 1.82) is 0 Å². The lowest BCUT2D eigenvalue weighted by molar-refractivity contribution is 0.167. The van der Waals surface area contributed by atoms with Gasteiger partial charge < -0.3 is 0 Å². The van der Waals surface area contributed by atoms with Crippen molar-refractivity contribution in [3.05, 3.63) is 0 Å². The first-order valence-corrected chi connectivity index (χ1v) is 5.83. The SMILES string of the molecule is C[C@H]1CCCCCC12CCCC2. The van der Waals surface area contributed by atoms with E-state index in [2.05, 4.69) is 6.92 Å². The summed E-state index contributed by atoms with van der Waals surface area (Å²) in [6, 6.07) is 0. The van der Waals surface area contributed by atoms with Crippen molar-refractivity contribution < 1.29 is 0 Å². The number of hydrogen-bond donors (Lipinski definition) is 0. The minimum absolute atomic E-state index is 0.816. The first-order valence-electron chi connectivity index (χ1n) is 5.83. The number of hydrogen-bond acceptors (Lipinski definition) is 0. The van der Waals surface area contributed by atoms with Gasteiger partial charge in [0.05, 0.1) is 0 Å². The van der Waals surface area contributed by atoms with Crippen LogP contribution in [-0.4, -0.2) is 0 Å². The van der Waals surface area contributed by atoms with Crippen LogP contribution < -0.4 is 0 Å². The smallest absolute Gasteiger partial charge is 0.0272 e. The van der Waals surface area contributed by atoms with Crippen molar-refractivity contribution in [1.82, 2.24) is 0 Å². The van der Waals surface area contributed by atoms with E-state index in [1.165, 1.54) is 38.5 Å². The Hall–Kier alpha value is 0. The lowest BCUT2D eigenvalue weighted by atomic mass is 9.71. The Labute approximate surface area is 76.7 Å². The van der Waals surface area contributed by atoms with Crippen LogP contribution in [0.5, 0.6) is 0 Å². The molecular formula is C12H22. The van der Waals surface area contributed by atoms with E-state index in [1.807, 2.05) is 0 Å². The van der Waals surface area contributed by atoms with E-state index >= 15 is 0 Å². The molecule has 0 radical (unpaired) electrons. The number of rotatable bonds is 0. The van der Waals surface area contributed by atoms with Gasteiger partial charge in [0.2, 0.25) is 0 Å². The van der Waals surface area contributed by atoms with E-state index in [0.717, 1.165) is 11.3 Å². The summed E-state index contributed by atoms with van der Waals surface area (Å²) >= 11 is 0. The highest BCUT2D eigenvalue weighted by atomic mass is 14.4. The van der Waals surface area contributed by atoms with E-state index in [1.54, 1.807) is 19.3 Å². The fourth-order valence-electron chi connectivity index (χ4n) is 3.48. The maximum Gasteiger partial charge on any atom is -0.0272 e.